The number of nitrogens with zero attached hydrogens (tertiary/aromatic N) is 1. The molecule has 0 spiro atoms. The maximum atomic E-state index is 12.4. The van der Waals surface area contributed by atoms with Crippen LogP contribution in [0.4, 0.5) is 0 Å². The highest BCUT2D eigenvalue weighted by Gasteiger charge is 2.36. The van der Waals surface area contributed by atoms with Crippen molar-refractivity contribution >= 4 is 5.91 Å². The number of aliphatic hydroxyl groups excluding tert-OH is 1. The minimum atomic E-state index is -0.280. The standard InChI is InChI=1S/C20H30N2O2/c1-16(23)17-9-12-22(13-17)14-19(24)21-15-20(10-5-6-11-20)18-7-3-2-4-8-18/h2-4,7-8,16-17,23H,5-6,9-15H2,1H3,(H,21,24). The molecule has 1 aliphatic carbocycles. The Morgan fingerprint density at radius 2 is 2.04 bits per heavy atom. The van der Waals surface area contributed by atoms with Gasteiger partial charge in [0.25, 0.3) is 0 Å². The molecule has 2 unspecified atom stereocenters. The average molecular weight is 330 g/mol. The van der Waals surface area contributed by atoms with Gasteiger partial charge in [-0.2, -0.15) is 0 Å². The maximum absolute atomic E-state index is 12.4. The Morgan fingerprint density at radius 1 is 1.33 bits per heavy atom. The van der Waals surface area contributed by atoms with E-state index in [0.29, 0.717) is 12.5 Å². The van der Waals surface area contributed by atoms with E-state index >= 15 is 0 Å². The van der Waals surface area contributed by atoms with Crippen molar-refractivity contribution in [1.29, 1.82) is 0 Å². The molecule has 4 nitrogen and oxygen atoms in total. The fraction of sp³-hybridized carbons (Fsp3) is 0.650. The Balaban J connectivity index is 1.53. The van der Waals surface area contributed by atoms with Crippen LogP contribution in [-0.2, 0) is 10.2 Å². The second-order valence-electron chi connectivity index (χ2n) is 7.65. The van der Waals surface area contributed by atoms with Gasteiger partial charge in [-0.05, 0) is 44.2 Å². The molecule has 3 rings (SSSR count). The molecule has 2 N–H and O–H groups in total. The van der Waals surface area contributed by atoms with Crippen LogP contribution in [0, 0.1) is 5.92 Å². The summed E-state index contributed by atoms with van der Waals surface area (Å²) in [5, 5.41) is 12.9. The van der Waals surface area contributed by atoms with Crippen LogP contribution in [0.5, 0.6) is 0 Å². The summed E-state index contributed by atoms with van der Waals surface area (Å²) in [5.41, 5.74) is 1.47. The molecule has 0 radical (unpaired) electrons. The molecule has 2 fully saturated rings. The number of carbonyl (C=O) groups is 1. The fourth-order valence-electron chi connectivity index (χ4n) is 4.34. The van der Waals surface area contributed by atoms with Gasteiger partial charge in [-0.15, -0.1) is 0 Å². The van der Waals surface area contributed by atoms with Gasteiger partial charge >= 0.3 is 0 Å². The number of rotatable bonds is 6. The second kappa shape index (κ2) is 7.66. The first-order valence-electron chi connectivity index (χ1n) is 9.32. The molecule has 1 saturated carbocycles. The Morgan fingerprint density at radius 3 is 2.67 bits per heavy atom. The van der Waals surface area contributed by atoms with E-state index in [4.69, 9.17) is 0 Å². The molecule has 1 amide bonds. The highest BCUT2D eigenvalue weighted by atomic mass is 16.3. The lowest BCUT2D eigenvalue weighted by molar-refractivity contribution is -0.122. The molecule has 0 bridgehead atoms. The van der Waals surface area contributed by atoms with Gasteiger partial charge in [0.15, 0.2) is 0 Å². The Labute approximate surface area is 145 Å². The van der Waals surface area contributed by atoms with E-state index in [1.165, 1.54) is 18.4 Å². The van der Waals surface area contributed by atoms with Crippen molar-refractivity contribution in [3.05, 3.63) is 35.9 Å². The highest BCUT2D eigenvalue weighted by molar-refractivity contribution is 5.78. The van der Waals surface area contributed by atoms with E-state index in [1.807, 2.05) is 6.92 Å². The topological polar surface area (TPSA) is 52.6 Å². The molecule has 1 saturated heterocycles. The van der Waals surface area contributed by atoms with Crippen LogP contribution in [-0.4, -0.2) is 48.2 Å². The maximum Gasteiger partial charge on any atom is 0.234 e. The SMILES string of the molecule is CC(O)C1CCN(CC(=O)NCC2(c3ccccc3)CCCC2)C1. The summed E-state index contributed by atoms with van der Waals surface area (Å²) in [6, 6.07) is 10.6. The number of hydrogen-bond acceptors (Lipinski definition) is 3. The highest BCUT2D eigenvalue weighted by Crippen LogP contribution is 2.40. The van der Waals surface area contributed by atoms with E-state index in [1.54, 1.807) is 0 Å². The van der Waals surface area contributed by atoms with E-state index in [-0.39, 0.29) is 17.4 Å². The zero-order chi connectivity index (χ0) is 17.0. The zero-order valence-electron chi connectivity index (χ0n) is 14.7. The summed E-state index contributed by atoms with van der Waals surface area (Å²) in [5.74, 6) is 0.423. The van der Waals surface area contributed by atoms with Crippen molar-refractivity contribution in [2.75, 3.05) is 26.2 Å². The molecule has 1 aromatic carbocycles. The number of aliphatic hydroxyl groups is 1. The van der Waals surface area contributed by atoms with Gasteiger partial charge in [0.2, 0.25) is 5.91 Å². The average Bonchev–Trinajstić information content (AvgIpc) is 3.24. The summed E-state index contributed by atoms with van der Waals surface area (Å²) < 4.78 is 0. The largest absolute Gasteiger partial charge is 0.393 e. The summed E-state index contributed by atoms with van der Waals surface area (Å²) in [6.07, 6.45) is 5.51. The van der Waals surface area contributed by atoms with Crippen molar-refractivity contribution in [2.45, 2.75) is 50.5 Å². The number of carbonyl (C=O) groups excluding carboxylic acids is 1. The fourth-order valence-corrected chi connectivity index (χ4v) is 4.34. The molecule has 0 aromatic heterocycles. The summed E-state index contributed by atoms with van der Waals surface area (Å²) in [4.78, 5) is 14.6. The minimum absolute atomic E-state index is 0.114. The number of amides is 1. The van der Waals surface area contributed by atoms with Crippen LogP contribution in [0.15, 0.2) is 30.3 Å². The second-order valence-corrected chi connectivity index (χ2v) is 7.65. The first kappa shape index (κ1) is 17.4. The molecule has 24 heavy (non-hydrogen) atoms. The summed E-state index contributed by atoms with van der Waals surface area (Å²) in [7, 11) is 0. The third-order valence-electron chi connectivity index (χ3n) is 5.93. The van der Waals surface area contributed by atoms with Crippen molar-refractivity contribution in [3.63, 3.8) is 0 Å². The molecular formula is C20H30N2O2. The first-order valence-corrected chi connectivity index (χ1v) is 9.32. The summed E-state index contributed by atoms with van der Waals surface area (Å²) in [6.45, 7) is 4.78. The van der Waals surface area contributed by atoms with Crippen LogP contribution in [0.1, 0.15) is 44.6 Å². The third kappa shape index (κ3) is 3.98. The van der Waals surface area contributed by atoms with E-state index in [2.05, 4.69) is 40.5 Å². The van der Waals surface area contributed by atoms with Gasteiger partial charge in [-0.1, -0.05) is 43.2 Å². The van der Waals surface area contributed by atoms with Crippen LogP contribution < -0.4 is 5.32 Å². The lowest BCUT2D eigenvalue weighted by Gasteiger charge is -2.30. The molecule has 132 valence electrons. The minimum Gasteiger partial charge on any atom is -0.393 e. The van der Waals surface area contributed by atoms with Gasteiger partial charge in [-0.25, -0.2) is 0 Å². The van der Waals surface area contributed by atoms with Crippen LogP contribution in [0.25, 0.3) is 0 Å². The van der Waals surface area contributed by atoms with Gasteiger partial charge in [0, 0.05) is 18.5 Å². The van der Waals surface area contributed by atoms with Crippen molar-refractivity contribution in [3.8, 4) is 0 Å². The molecule has 4 heteroatoms. The molecule has 1 aliphatic heterocycles. The van der Waals surface area contributed by atoms with E-state index < -0.39 is 0 Å². The number of nitrogens with one attached hydrogen (secondary N) is 1. The normalized spacial score (nSPS) is 24.8. The lowest BCUT2D eigenvalue weighted by atomic mass is 9.79. The van der Waals surface area contributed by atoms with Gasteiger partial charge in [-0.3, -0.25) is 9.69 Å². The molecule has 2 aliphatic rings. The van der Waals surface area contributed by atoms with Crippen molar-refractivity contribution in [2.24, 2.45) is 5.92 Å². The molecule has 2 atom stereocenters. The number of benzene rings is 1. The zero-order valence-corrected chi connectivity index (χ0v) is 14.7. The van der Waals surface area contributed by atoms with Gasteiger partial charge in [0.05, 0.1) is 12.6 Å². The van der Waals surface area contributed by atoms with Crippen molar-refractivity contribution in [1.82, 2.24) is 10.2 Å². The lowest BCUT2D eigenvalue weighted by Crippen LogP contribution is -2.43. The number of likely N-dealkylation sites (tertiary alicyclic amines) is 1. The first-order chi connectivity index (χ1) is 11.6. The number of hydrogen-bond donors (Lipinski definition) is 2. The van der Waals surface area contributed by atoms with Crippen LogP contribution >= 0.6 is 0 Å². The third-order valence-corrected chi connectivity index (χ3v) is 5.93. The predicted molar refractivity (Wildman–Crippen MR) is 95.8 cm³/mol. The van der Waals surface area contributed by atoms with Crippen LogP contribution in [0.2, 0.25) is 0 Å². The predicted octanol–water partition coefficient (Wildman–Crippen LogP) is 2.32. The van der Waals surface area contributed by atoms with E-state index in [9.17, 15) is 9.90 Å². The molecule has 1 aromatic rings. The van der Waals surface area contributed by atoms with Crippen LogP contribution in [0.3, 0.4) is 0 Å². The quantitative estimate of drug-likeness (QED) is 0.842. The Kier molecular flexibility index (Phi) is 5.57. The molecule has 1 heterocycles. The Hall–Kier alpha value is -1.39. The van der Waals surface area contributed by atoms with E-state index in [0.717, 1.165) is 38.9 Å². The Bertz CT molecular complexity index is 538. The van der Waals surface area contributed by atoms with Gasteiger partial charge in [0.1, 0.15) is 0 Å². The van der Waals surface area contributed by atoms with Gasteiger partial charge < -0.3 is 10.4 Å². The molecular weight excluding hydrogens is 300 g/mol. The van der Waals surface area contributed by atoms with Crippen molar-refractivity contribution < 1.29 is 9.90 Å². The smallest absolute Gasteiger partial charge is 0.234 e. The summed E-state index contributed by atoms with van der Waals surface area (Å²) >= 11 is 0. The monoisotopic (exact) mass is 330 g/mol.